The molecule has 0 spiro atoms. The zero-order valence-corrected chi connectivity index (χ0v) is 12.5. The van der Waals surface area contributed by atoms with E-state index in [4.69, 9.17) is 4.74 Å². The second kappa shape index (κ2) is 6.95. The highest BCUT2D eigenvalue weighted by molar-refractivity contribution is 5.30. The van der Waals surface area contributed by atoms with Gasteiger partial charge in [0.2, 0.25) is 0 Å². The Hall–Kier alpha value is -1.02. The smallest absolute Gasteiger partial charge is 0.119 e. The van der Waals surface area contributed by atoms with Crippen LogP contribution in [0.3, 0.4) is 0 Å². The lowest BCUT2D eigenvalue weighted by molar-refractivity contribution is 0.268. The Bertz CT molecular complexity index is 385. The van der Waals surface area contributed by atoms with Crippen molar-refractivity contribution in [1.82, 2.24) is 5.32 Å². The third-order valence-electron chi connectivity index (χ3n) is 4.46. The second-order valence-corrected chi connectivity index (χ2v) is 5.85. The molecule has 106 valence electrons. The minimum Gasteiger partial charge on any atom is -0.497 e. The van der Waals surface area contributed by atoms with Gasteiger partial charge in [0.25, 0.3) is 0 Å². The van der Waals surface area contributed by atoms with E-state index < -0.39 is 0 Å². The number of hydrogen-bond donors (Lipinski definition) is 1. The fourth-order valence-electron chi connectivity index (χ4n) is 3.17. The number of rotatable bonds is 5. The summed E-state index contributed by atoms with van der Waals surface area (Å²) >= 11 is 0. The van der Waals surface area contributed by atoms with E-state index in [1.165, 1.54) is 37.7 Å². The number of nitrogens with one attached hydrogen (secondary N) is 1. The Balaban J connectivity index is 1.93. The first-order valence-electron chi connectivity index (χ1n) is 7.60. The molecule has 1 aromatic rings. The van der Waals surface area contributed by atoms with Gasteiger partial charge in [-0.15, -0.1) is 0 Å². The molecule has 0 aliphatic heterocycles. The van der Waals surface area contributed by atoms with Gasteiger partial charge in [0.05, 0.1) is 7.11 Å². The lowest BCUT2D eigenvalue weighted by Gasteiger charge is -2.31. The van der Waals surface area contributed by atoms with Crippen LogP contribution in [0.4, 0.5) is 0 Å². The first-order chi connectivity index (χ1) is 9.20. The summed E-state index contributed by atoms with van der Waals surface area (Å²) in [5, 5.41) is 3.76. The highest BCUT2D eigenvalue weighted by atomic mass is 16.5. The van der Waals surface area contributed by atoms with E-state index in [1.807, 2.05) is 6.07 Å². The van der Waals surface area contributed by atoms with Gasteiger partial charge < -0.3 is 10.1 Å². The predicted octanol–water partition coefficient (Wildman–Crippen LogP) is 4.31. The fraction of sp³-hybridized carbons (Fsp3) is 0.647. The van der Waals surface area contributed by atoms with Gasteiger partial charge in [-0.05, 0) is 50.3 Å². The fourth-order valence-corrected chi connectivity index (χ4v) is 3.17. The van der Waals surface area contributed by atoms with Crippen molar-refractivity contribution in [3.05, 3.63) is 29.8 Å². The molecule has 2 atom stereocenters. The van der Waals surface area contributed by atoms with E-state index in [0.717, 1.165) is 11.7 Å². The largest absolute Gasteiger partial charge is 0.497 e. The molecular weight excluding hydrogens is 234 g/mol. The summed E-state index contributed by atoms with van der Waals surface area (Å²) in [6.07, 6.45) is 7.01. The molecule has 0 amide bonds. The van der Waals surface area contributed by atoms with E-state index in [0.29, 0.717) is 12.1 Å². The first-order valence-corrected chi connectivity index (χ1v) is 7.60. The number of methoxy groups -OCH3 is 1. The van der Waals surface area contributed by atoms with Crippen molar-refractivity contribution in [2.45, 2.75) is 58.0 Å². The van der Waals surface area contributed by atoms with Crippen molar-refractivity contribution in [2.75, 3.05) is 7.11 Å². The Morgan fingerprint density at radius 2 is 1.89 bits per heavy atom. The minimum absolute atomic E-state index is 0.382. The summed E-state index contributed by atoms with van der Waals surface area (Å²) < 4.78 is 5.30. The Labute approximate surface area is 117 Å². The summed E-state index contributed by atoms with van der Waals surface area (Å²) in [6, 6.07) is 9.35. The van der Waals surface area contributed by atoms with Crippen LogP contribution >= 0.6 is 0 Å². The van der Waals surface area contributed by atoms with Crippen molar-refractivity contribution in [3.8, 4) is 5.75 Å². The molecule has 1 aliphatic rings. The molecule has 2 rings (SSSR count). The average molecular weight is 261 g/mol. The van der Waals surface area contributed by atoms with Crippen LogP contribution in [-0.2, 0) is 0 Å². The molecule has 0 aromatic heterocycles. The highest BCUT2D eigenvalue weighted by Crippen LogP contribution is 2.28. The predicted molar refractivity (Wildman–Crippen MR) is 80.6 cm³/mol. The standard InChI is InChI=1S/C17H27NO/c1-13(15-8-5-4-6-9-15)18-14(2)16-10-7-11-17(12-16)19-3/h7,10-15,18H,4-6,8-9H2,1-3H3/t13-,14?/m1/s1. The van der Waals surface area contributed by atoms with E-state index >= 15 is 0 Å². The molecule has 1 aromatic carbocycles. The van der Waals surface area contributed by atoms with E-state index in [1.54, 1.807) is 7.11 Å². The molecule has 0 radical (unpaired) electrons. The molecule has 0 bridgehead atoms. The molecule has 1 aliphatic carbocycles. The van der Waals surface area contributed by atoms with Gasteiger partial charge in [-0.3, -0.25) is 0 Å². The summed E-state index contributed by atoms with van der Waals surface area (Å²) in [5.41, 5.74) is 1.31. The zero-order chi connectivity index (χ0) is 13.7. The second-order valence-electron chi connectivity index (χ2n) is 5.85. The Morgan fingerprint density at radius 1 is 1.16 bits per heavy atom. The Morgan fingerprint density at radius 3 is 2.58 bits per heavy atom. The normalized spacial score (nSPS) is 19.9. The summed E-state index contributed by atoms with van der Waals surface area (Å²) in [4.78, 5) is 0. The van der Waals surface area contributed by atoms with Crippen LogP contribution in [0.15, 0.2) is 24.3 Å². The van der Waals surface area contributed by atoms with Crippen molar-refractivity contribution < 1.29 is 4.74 Å². The third-order valence-corrected chi connectivity index (χ3v) is 4.46. The summed E-state index contributed by atoms with van der Waals surface area (Å²) in [7, 11) is 1.72. The van der Waals surface area contributed by atoms with Gasteiger partial charge in [0.1, 0.15) is 5.75 Å². The first kappa shape index (κ1) is 14.4. The molecule has 1 N–H and O–H groups in total. The minimum atomic E-state index is 0.382. The van der Waals surface area contributed by atoms with Gasteiger partial charge >= 0.3 is 0 Å². The van der Waals surface area contributed by atoms with Crippen LogP contribution in [0.2, 0.25) is 0 Å². The molecule has 0 heterocycles. The quantitative estimate of drug-likeness (QED) is 0.852. The molecule has 2 heteroatoms. The Kier molecular flexibility index (Phi) is 5.26. The molecule has 1 fully saturated rings. The van der Waals surface area contributed by atoms with Crippen molar-refractivity contribution >= 4 is 0 Å². The van der Waals surface area contributed by atoms with Crippen molar-refractivity contribution in [1.29, 1.82) is 0 Å². The molecule has 0 saturated heterocycles. The van der Waals surface area contributed by atoms with Gasteiger partial charge in [-0.25, -0.2) is 0 Å². The van der Waals surface area contributed by atoms with Crippen LogP contribution in [0.25, 0.3) is 0 Å². The monoisotopic (exact) mass is 261 g/mol. The highest BCUT2D eigenvalue weighted by Gasteiger charge is 2.21. The maximum Gasteiger partial charge on any atom is 0.119 e. The lowest BCUT2D eigenvalue weighted by Crippen LogP contribution is -2.36. The van der Waals surface area contributed by atoms with Gasteiger partial charge in [0, 0.05) is 12.1 Å². The van der Waals surface area contributed by atoms with Crippen LogP contribution < -0.4 is 10.1 Å². The summed E-state index contributed by atoms with van der Waals surface area (Å²) in [5.74, 6) is 1.79. The maximum atomic E-state index is 5.30. The van der Waals surface area contributed by atoms with E-state index in [9.17, 15) is 0 Å². The molecule has 2 nitrogen and oxygen atoms in total. The van der Waals surface area contributed by atoms with Gasteiger partial charge in [-0.1, -0.05) is 31.4 Å². The van der Waals surface area contributed by atoms with E-state index in [2.05, 4.69) is 37.4 Å². The molecule has 1 unspecified atom stereocenters. The van der Waals surface area contributed by atoms with Crippen LogP contribution in [-0.4, -0.2) is 13.2 Å². The maximum absolute atomic E-state index is 5.30. The van der Waals surface area contributed by atoms with E-state index in [-0.39, 0.29) is 0 Å². The number of benzene rings is 1. The average Bonchev–Trinajstić information content (AvgIpc) is 2.48. The van der Waals surface area contributed by atoms with Crippen LogP contribution in [0, 0.1) is 5.92 Å². The molecule has 19 heavy (non-hydrogen) atoms. The van der Waals surface area contributed by atoms with Crippen LogP contribution in [0.5, 0.6) is 5.75 Å². The summed E-state index contributed by atoms with van der Waals surface area (Å²) in [6.45, 7) is 4.58. The molecule has 1 saturated carbocycles. The third kappa shape index (κ3) is 3.97. The molecular formula is C17H27NO. The zero-order valence-electron chi connectivity index (χ0n) is 12.5. The topological polar surface area (TPSA) is 21.3 Å². The van der Waals surface area contributed by atoms with Gasteiger partial charge in [-0.2, -0.15) is 0 Å². The van der Waals surface area contributed by atoms with Crippen LogP contribution in [0.1, 0.15) is 57.6 Å². The SMILES string of the molecule is COc1cccc(C(C)N[C@H](C)C2CCCCC2)c1. The van der Waals surface area contributed by atoms with Crippen molar-refractivity contribution in [2.24, 2.45) is 5.92 Å². The number of ether oxygens (including phenoxy) is 1. The number of hydrogen-bond acceptors (Lipinski definition) is 2. The van der Waals surface area contributed by atoms with Crippen molar-refractivity contribution in [3.63, 3.8) is 0 Å². The van der Waals surface area contributed by atoms with Gasteiger partial charge in [0.15, 0.2) is 0 Å². The lowest BCUT2D eigenvalue weighted by atomic mass is 9.84.